The molecule has 2 aromatic rings. The summed E-state index contributed by atoms with van der Waals surface area (Å²) in [5, 5.41) is 0. The molecule has 6 heteroatoms. The molecule has 5 nitrogen and oxygen atoms in total. The number of piperidine rings is 1. The highest BCUT2D eigenvalue weighted by molar-refractivity contribution is 7.89. The molecule has 0 aromatic heterocycles. The summed E-state index contributed by atoms with van der Waals surface area (Å²) >= 11 is 0. The van der Waals surface area contributed by atoms with Gasteiger partial charge in [0.2, 0.25) is 10.0 Å². The molecule has 1 aliphatic heterocycles. The van der Waals surface area contributed by atoms with Gasteiger partial charge in [0, 0.05) is 13.1 Å². The molecule has 0 unspecified atom stereocenters. The van der Waals surface area contributed by atoms with E-state index in [1.165, 1.54) is 28.6 Å². The Labute approximate surface area is 148 Å². The van der Waals surface area contributed by atoms with E-state index in [0.717, 1.165) is 24.8 Å². The van der Waals surface area contributed by atoms with Gasteiger partial charge in [-0.25, -0.2) is 13.2 Å². The monoisotopic (exact) mass is 359 g/mol. The van der Waals surface area contributed by atoms with Crippen LogP contribution in [0.4, 0.5) is 0 Å². The van der Waals surface area contributed by atoms with Crippen LogP contribution in [0.25, 0.3) is 0 Å². The van der Waals surface area contributed by atoms with Crippen molar-refractivity contribution >= 4 is 16.0 Å². The number of hydrogen-bond donors (Lipinski definition) is 0. The van der Waals surface area contributed by atoms with Crippen molar-refractivity contribution < 1.29 is 17.9 Å². The number of rotatable bonds is 5. The van der Waals surface area contributed by atoms with Crippen LogP contribution >= 0.6 is 0 Å². The Hall–Kier alpha value is -2.18. The van der Waals surface area contributed by atoms with Crippen LogP contribution in [-0.2, 0) is 21.4 Å². The highest BCUT2D eigenvalue weighted by Gasteiger charge is 2.26. The minimum Gasteiger partial charge on any atom is -0.457 e. The average molecular weight is 359 g/mol. The number of nitrogens with zero attached hydrogens (tertiary/aromatic N) is 1. The molecule has 25 heavy (non-hydrogen) atoms. The lowest BCUT2D eigenvalue weighted by Crippen LogP contribution is -2.35. The maximum atomic E-state index is 12.6. The van der Waals surface area contributed by atoms with E-state index < -0.39 is 16.0 Å². The highest BCUT2D eigenvalue weighted by atomic mass is 32.2. The molecule has 0 N–H and O–H groups in total. The lowest BCUT2D eigenvalue weighted by atomic mass is 10.2. The second-order valence-corrected chi connectivity index (χ2v) is 7.99. The van der Waals surface area contributed by atoms with Crippen molar-refractivity contribution in [1.82, 2.24) is 4.31 Å². The first-order chi connectivity index (χ1) is 12.1. The Balaban J connectivity index is 1.66. The van der Waals surface area contributed by atoms with Crippen LogP contribution in [-0.4, -0.2) is 31.8 Å². The Morgan fingerprint density at radius 2 is 1.56 bits per heavy atom. The predicted molar refractivity (Wildman–Crippen MR) is 94.6 cm³/mol. The van der Waals surface area contributed by atoms with Gasteiger partial charge in [0.1, 0.15) is 6.61 Å². The van der Waals surface area contributed by atoms with Gasteiger partial charge in [-0.2, -0.15) is 4.31 Å². The van der Waals surface area contributed by atoms with Gasteiger partial charge in [0.05, 0.1) is 10.5 Å². The molecule has 0 atom stereocenters. The quantitative estimate of drug-likeness (QED) is 0.769. The van der Waals surface area contributed by atoms with Crippen LogP contribution in [0.5, 0.6) is 0 Å². The first kappa shape index (κ1) is 17.6. The lowest BCUT2D eigenvalue weighted by molar-refractivity contribution is 0.0472. The third-order valence-electron chi connectivity index (χ3n) is 4.26. The highest BCUT2D eigenvalue weighted by Crippen LogP contribution is 2.21. The van der Waals surface area contributed by atoms with E-state index in [2.05, 4.69) is 0 Å². The Bertz CT molecular complexity index is 810. The van der Waals surface area contributed by atoms with E-state index in [1.807, 2.05) is 30.3 Å². The van der Waals surface area contributed by atoms with E-state index in [9.17, 15) is 13.2 Å². The van der Waals surface area contributed by atoms with Crippen molar-refractivity contribution in [2.45, 2.75) is 30.8 Å². The smallest absolute Gasteiger partial charge is 0.338 e. The number of benzene rings is 2. The van der Waals surface area contributed by atoms with Crippen LogP contribution < -0.4 is 0 Å². The van der Waals surface area contributed by atoms with Gasteiger partial charge in [-0.15, -0.1) is 0 Å². The van der Waals surface area contributed by atoms with Gasteiger partial charge in [-0.3, -0.25) is 0 Å². The molecule has 1 saturated heterocycles. The van der Waals surface area contributed by atoms with Gasteiger partial charge >= 0.3 is 5.97 Å². The summed E-state index contributed by atoms with van der Waals surface area (Å²) in [6, 6.07) is 15.4. The Morgan fingerprint density at radius 1 is 0.920 bits per heavy atom. The molecule has 1 fully saturated rings. The van der Waals surface area contributed by atoms with E-state index in [4.69, 9.17) is 4.74 Å². The van der Waals surface area contributed by atoms with Gasteiger partial charge in [0.25, 0.3) is 0 Å². The summed E-state index contributed by atoms with van der Waals surface area (Å²) in [5.74, 6) is -0.467. The van der Waals surface area contributed by atoms with E-state index >= 15 is 0 Å². The van der Waals surface area contributed by atoms with Gasteiger partial charge in [-0.05, 0) is 42.7 Å². The number of hydrogen-bond acceptors (Lipinski definition) is 4. The zero-order valence-electron chi connectivity index (χ0n) is 13.9. The predicted octanol–water partition coefficient (Wildman–Crippen LogP) is 3.22. The normalized spacial score (nSPS) is 15.7. The second-order valence-electron chi connectivity index (χ2n) is 6.05. The maximum absolute atomic E-state index is 12.6. The molecular formula is C19H21NO4S. The van der Waals surface area contributed by atoms with E-state index in [1.54, 1.807) is 0 Å². The number of esters is 1. The Morgan fingerprint density at radius 3 is 2.20 bits per heavy atom. The first-order valence-corrected chi connectivity index (χ1v) is 9.83. The molecule has 0 spiro atoms. The van der Waals surface area contributed by atoms with Gasteiger partial charge in [-0.1, -0.05) is 36.8 Å². The molecule has 1 aliphatic rings. The van der Waals surface area contributed by atoms with E-state index in [-0.39, 0.29) is 11.5 Å². The van der Waals surface area contributed by atoms with Crippen molar-refractivity contribution in [2.75, 3.05) is 13.1 Å². The summed E-state index contributed by atoms with van der Waals surface area (Å²) in [4.78, 5) is 12.3. The molecule has 0 saturated carbocycles. The van der Waals surface area contributed by atoms with Crippen LogP contribution in [0, 0.1) is 0 Å². The Kier molecular flexibility index (Phi) is 5.50. The third-order valence-corrected chi connectivity index (χ3v) is 6.17. The number of carbonyl (C=O) groups excluding carboxylic acids is 1. The molecule has 132 valence electrons. The molecule has 0 bridgehead atoms. The molecular weight excluding hydrogens is 338 g/mol. The second kappa shape index (κ2) is 7.80. The zero-order valence-corrected chi connectivity index (χ0v) is 14.7. The van der Waals surface area contributed by atoms with Crippen LogP contribution in [0.3, 0.4) is 0 Å². The minimum absolute atomic E-state index is 0.188. The largest absolute Gasteiger partial charge is 0.457 e. The van der Waals surface area contributed by atoms with Crippen molar-refractivity contribution in [3.8, 4) is 0 Å². The van der Waals surface area contributed by atoms with Crippen molar-refractivity contribution in [3.63, 3.8) is 0 Å². The minimum atomic E-state index is -3.48. The standard InChI is InChI=1S/C19H21NO4S/c21-19(24-15-16-7-3-1-4-8-16)17-9-11-18(12-10-17)25(22,23)20-13-5-2-6-14-20/h1,3-4,7-12H,2,5-6,13-15H2. The molecule has 2 aromatic carbocycles. The average Bonchev–Trinajstić information content (AvgIpc) is 2.68. The molecule has 0 radical (unpaired) electrons. The van der Waals surface area contributed by atoms with E-state index in [0.29, 0.717) is 18.7 Å². The molecule has 1 heterocycles. The van der Waals surface area contributed by atoms with Gasteiger partial charge in [0.15, 0.2) is 0 Å². The van der Waals surface area contributed by atoms with Crippen LogP contribution in [0.2, 0.25) is 0 Å². The first-order valence-electron chi connectivity index (χ1n) is 8.39. The maximum Gasteiger partial charge on any atom is 0.338 e. The fourth-order valence-corrected chi connectivity index (χ4v) is 4.34. The number of carbonyl (C=O) groups is 1. The third kappa shape index (κ3) is 4.27. The molecule has 0 amide bonds. The number of sulfonamides is 1. The zero-order chi connectivity index (χ0) is 17.7. The molecule has 0 aliphatic carbocycles. The lowest BCUT2D eigenvalue weighted by Gasteiger charge is -2.25. The topological polar surface area (TPSA) is 63.7 Å². The van der Waals surface area contributed by atoms with Crippen molar-refractivity contribution in [3.05, 3.63) is 65.7 Å². The van der Waals surface area contributed by atoms with Gasteiger partial charge < -0.3 is 4.74 Å². The number of ether oxygens (including phenoxy) is 1. The van der Waals surface area contributed by atoms with Crippen LogP contribution in [0.1, 0.15) is 35.2 Å². The summed E-state index contributed by atoms with van der Waals surface area (Å²) in [7, 11) is -3.48. The summed E-state index contributed by atoms with van der Waals surface area (Å²) < 4.78 is 31.9. The van der Waals surface area contributed by atoms with Crippen molar-refractivity contribution in [1.29, 1.82) is 0 Å². The molecule has 3 rings (SSSR count). The summed E-state index contributed by atoms with van der Waals surface area (Å²) in [6.45, 7) is 1.31. The van der Waals surface area contributed by atoms with Crippen molar-refractivity contribution in [2.24, 2.45) is 0 Å². The van der Waals surface area contributed by atoms with Crippen LogP contribution in [0.15, 0.2) is 59.5 Å². The summed E-state index contributed by atoms with van der Waals surface area (Å²) in [6.07, 6.45) is 2.85. The SMILES string of the molecule is O=C(OCc1ccccc1)c1ccc(S(=O)(=O)N2CCCCC2)cc1. The summed E-state index contributed by atoms with van der Waals surface area (Å²) in [5.41, 5.74) is 1.24. The fraction of sp³-hybridized carbons (Fsp3) is 0.316. The fourth-order valence-electron chi connectivity index (χ4n) is 2.82.